The summed E-state index contributed by atoms with van der Waals surface area (Å²) in [5.41, 5.74) is -11.1. The van der Waals surface area contributed by atoms with Crippen LogP contribution in [0, 0.1) is 0 Å². The summed E-state index contributed by atoms with van der Waals surface area (Å²) in [6.45, 7) is 0. The van der Waals surface area contributed by atoms with Crippen molar-refractivity contribution in [3.8, 4) is 0 Å². The lowest BCUT2D eigenvalue weighted by Gasteiger charge is -2.17. The number of sulfonamides is 2. The van der Waals surface area contributed by atoms with Gasteiger partial charge >= 0.3 is 31.1 Å². The van der Waals surface area contributed by atoms with Crippen LogP contribution in [-0.4, -0.2) is 50.9 Å². The van der Waals surface area contributed by atoms with E-state index in [-0.39, 0.29) is 23.0 Å². The Morgan fingerprint density at radius 1 is 0.636 bits per heavy atom. The quantitative estimate of drug-likeness (QED) is 0.637. The minimum absolute atomic E-state index is 0.269. The van der Waals surface area contributed by atoms with Crippen LogP contribution in [0.3, 0.4) is 0 Å². The van der Waals surface area contributed by atoms with Gasteiger partial charge in [0, 0.05) is 23.0 Å². The van der Waals surface area contributed by atoms with Gasteiger partial charge in [-0.05, 0) is 0 Å². The molecule has 0 aliphatic carbocycles. The van der Waals surface area contributed by atoms with Crippen LogP contribution in [0.1, 0.15) is 0 Å². The highest BCUT2D eigenvalue weighted by atomic mass is 32.3. The Labute approximate surface area is 126 Å². The van der Waals surface area contributed by atoms with Crippen molar-refractivity contribution in [2.75, 3.05) is 23.0 Å². The molecule has 1 aliphatic heterocycles. The largest absolute Gasteiger partial charge is 0.519 e. The number of hydrogen-bond acceptors (Lipinski definition) is 4. The Kier molecular flexibility index (Phi) is 5.72. The average Bonchev–Trinajstić information content (AvgIpc) is 2.28. The molecule has 0 aromatic rings. The molecule has 16 heteroatoms. The molecule has 6 nitrogen and oxygen atoms in total. The SMILES string of the molecule is O=S(=O)(N=S1CCS(=NS(=O)(=O)C(F)(F)F)CC1)C(F)(F)F. The second kappa shape index (κ2) is 6.35. The number of alkyl halides is 6. The van der Waals surface area contributed by atoms with Gasteiger partial charge in [-0.1, -0.05) is 21.4 Å². The minimum atomic E-state index is -5.66. The topological polar surface area (TPSA) is 93.0 Å². The molecule has 0 amide bonds. The lowest BCUT2D eigenvalue weighted by molar-refractivity contribution is -0.0440. The summed E-state index contributed by atoms with van der Waals surface area (Å²) < 4.78 is 121. The van der Waals surface area contributed by atoms with E-state index in [1.54, 1.807) is 0 Å². The maximum absolute atomic E-state index is 12.1. The van der Waals surface area contributed by atoms with Crippen molar-refractivity contribution < 1.29 is 43.2 Å². The molecule has 22 heavy (non-hydrogen) atoms. The maximum Gasteiger partial charge on any atom is 0.519 e. The van der Waals surface area contributed by atoms with Crippen LogP contribution in [0.25, 0.3) is 0 Å². The molecule has 0 atom stereocenters. The molecule has 0 saturated carbocycles. The molecule has 0 N–H and O–H groups in total. The predicted octanol–water partition coefficient (Wildman–Crippen LogP) is 1.30. The first-order valence-corrected chi connectivity index (χ1v) is 11.0. The summed E-state index contributed by atoms with van der Waals surface area (Å²) in [5, 5.41) is 0. The van der Waals surface area contributed by atoms with Gasteiger partial charge in [0.2, 0.25) is 0 Å². The number of halogens is 6. The van der Waals surface area contributed by atoms with Crippen molar-refractivity contribution >= 4 is 41.4 Å². The molecule has 1 fully saturated rings. The van der Waals surface area contributed by atoms with Crippen LogP contribution in [0.4, 0.5) is 26.3 Å². The molecule has 1 rings (SSSR count). The Bertz CT molecular complexity index is 630. The molecule has 0 bridgehead atoms. The smallest absolute Gasteiger partial charge is 0.194 e. The van der Waals surface area contributed by atoms with E-state index >= 15 is 0 Å². The summed E-state index contributed by atoms with van der Waals surface area (Å²) >= 11 is 0. The van der Waals surface area contributed by atoms with E-state index < -0.39 is 52.4 Å². The van der Waals surface area contributed by atoms with Gasteiger partial charge in [0.25, 0.3) is 0 Å². The van der Waals surface area contributed by atoms with Crippen LogP contribution in [-0.2, 0) is 41.4 Å². The normalized spacial score (nSPS) is 24.8. The van der Waals surface area contributed by atoms with Crippen molar-refractivity contribution in [3.63, 3.8) is 0 Å². The average molecular weight is 414 g/mol. The Balaban J connectivity index is 2.90. The fourth-order valence-electron chi connectivity index (χ4n) is 1.10. The van der Waals surface area contributed by atoms with Crippen LogP contribution in [0.2, 0.25) is 0 Å². The number of hydrogen-bond donors (Lipinski definition) is 0. The van der Waals surface area contributed by atoms with Crippen LogP contribution in [0.15, 0.2) is 7.54 Å². The van der Waals surface area contributed by atoms with Crippen molar-refractivity contribution in [3.05, 3.63) is 0 Å². The van der Waals surface area contributed by atoms with Gasteiger partial charge < -0.3 is 0 Å². The summed E-state index contributed by atoms with van der Waals surface area (Å²) in [4.78, 5) is 0. The summed E-state index contributed by atoms with van der Waals surface area (Å²) in [6.07, 6.45) is 0. The molecule has 1 saturated heterocycles. The molecule has 0 aromatic heterocycles. The third kappa shape index (κ3) is 4.89. The monoisotopic (exact) mass is 414 g/mol. The van der Waals surface area contributed by atoms with E-state index in [0.717, 1.165) is 0 Å². The van der Waals surface area contributed by atoms with E-state index in [2.05, 4.69) is 7.54 Å². The van der Waals surface area contributed by atoms with Gasteiger partial charge in [0.15, 0.2) is 0 Å². The summed E-state index contributed by atoms with van der Waals surface area (Å²) in [7, 11) is -14.4. The maximum atomic E-state index is 12.1. The first-order valence-electron chi connectivity index (χ1n) is 5.09. The van der Waals surface area contributed by atoms with Gasteiger partial charge in [-0.2, -0.15) is 43.2 Å². The lowest BCUT2D eigenvalue weighted by Crippen LogP contribution is -2.29. The molecule has 0 radical (unpaired) electrons. The van der Waals surface area contributed by atoms with E-state index in [1.807, 2.05) is 0 Å². The van der Waals surface area contributed by atoms with Gasteiger partial charge in [0.05, 0.1) is 0 Å². The Morgan fingerprint density at radius 3 is 1.05 bits per heavy atom. The van der Waals surface area contributed by atoms with Crippen LogP contribution in [0.5, 0.6) is 0 Å². The number of rotatable bonds is 2. The predicted molar refractivity (Wildman–Crippen MR) is 69.0 cm³/mol. The van der Waals surface area contributed by atoms with E-state index in [4.69, 9.17) is 0 Å². The number of nitrogens with zero attached hydrogens (tertiary/aromatic N) is 2. The molecule has 0 spiro atoms. The molecule has 0 aromatic carbocycles. The van der Waals surface area contributed by atoms with Gasteiger partial charge in [0.1, 0.15) is 0 Å². The van der Waals surface area contributed by atoms with E-state index in [0.29, 0.717) is 0 Å². The Morgan fingerprint density at radius 2 is 0.864 bits per heavy atom. The summed E-state index contributed by atoms with van der Waals surface area (Å²) in [5.74, 6) is -1.07. The molecular weight excluding hydrogens is 406 g/mol. The minimum Gasteiger partial charge on any atom is -0.194 e. The van der Waals surface area contributed by atoms with Gasteiger partial charge in [-0.15, -0.1) is 7.54 Å². The van der Waals surface area contributed by atoms with Crippen molar-refractivity contribution in [2.45, 2.75) is 11.0 Å². The third-order valence-corrected chi connectivity index (χ3v) is 9.75. The first-order chi connectivity index (χ1) is 9.66. The van der Waals surface area contributed by atoms with Gasteiger partial charge in [-0.3, -0.25) is 0 Å². The third-order valence-electron chi connectivity index (χ3n) is 2.10. The standard InChI is InChI=1S/C6H8F6N2O4S4/c7-5(8,9)21(15,16)13-19-1-2-20(4-3-19)14-22(17,18)6(10,11)12/h1-4H2. The zero-order chi connectivity index (χ0) is 17.4. The van der Waals surface area contributed by atoms with Crippen LogP contribution >= 0.6 is 0 Å². The Hall–Kier alpha value is -0.220. The first kappa shape index (κ1) is 19.8. The van der Waals surface area contributed by atoms with Crippen molar-refractivity contribution in [1.29, 1.82) is 0 Å². The molecular formula is C6H8F6N2O4S4. The van der Waals surface area contributed by atoms with Crippen LogP contribution < -0.4 is 0 Å². The van der Waals surface area contributed by atoms with Gasteiger partial charge in [-0.25, -0.2) is 0 Å². The summed E-state index contributed by atoms with van der Waals surface area (Å²) in [6, 6.07) is 0. The van der Waals surface area contributed by atoms with Crippen molar-refractivity contribution in [2.24, 2.45) is 7.54 Å². The van der Waals surface area contributed by atoms with E-state index in [1.165, 1.54) is 0 Å². The fourth-order valence-corrected chi connectivity index (χ4v) is 8.68. The molecule has 132 valence electrons. The highest BCUT2D eigenvalue weighted by molar-refractivity contribution is 8.04. The molecule has 1 aliphatic rings. The lowest BCUT2D eigenvalue weighted by atomic mass is 10.9. The van der Waals surface area contributed by atoms with Crippen molar-refractivity contribution in [1.82, 2.24) is 0 Å². The molecule has 0 unspecified atom stereocenters. The zero-order valence-electron chi connectivity index (χ0n) is 10.3. The second-order valence-corrected chi connectivity index (χ2v) is 11.2. The highest BCUT2D eigenvalue weighted by Gasteiger charge is 2.47. The molecule has 1 heterocycles. The second-order valence-electron chi connectivity index (χ2n) is 3.73. The van der Waals surface area contributed by atoms with E-state index in [9.17, 15) is 43.2 Å². The zero-order valence-corrected chi connectivity index (χ0v) is 13.5. The fraction of sp³-hybridized carbons (Fsp3) is 1.00. The highest BCUT2D eigenvalue weighted by Crippen LogP contribution is 2.27.